The number of hydrogen-bond donors (Lipinski definition) is 2. The van der Waals surface area contributed by atoms with E-state index in [4.69, 9.17) is 0 Å². The second-order valence-corrected chi connectivity index (χ2v) is 5.60. The summed E-state index contributed by atoms with van der Waals surface area (Å²) >= 11 is 0. The molecule has 0 heterocycles. The first kappa shape index (κ1) is 19.4. The molecule has 2 rings (SSSR count). The van der Waals surface area contributed by atoms with E-state index in [9.17, 15) is 18.4 Å². The number of nitrogens with one attached hydrogen (secondary N) is 2. The molecule has 5 nitrogen and oxygen atoms in total. The van der Waals surface area contributed by atoms with Gasteiger partial charge in [0, 0.05) is 31.1 Å². The van der Waals surface area contributed by atoms with Crippen LogP contribution in [0.4, 0.5) is 8.78 Å². The van der Waals surface area contributed by atoms with Crippen LogP contribution in [0.1, 0.15) is 28.4 Å². The Morgan fingerprint density at radius 2 is 1.73 bits per heavy atom. The molecule has 0 bridgehead atoms. The van der Waals surface area contributed by atoms with Gasteiger partial charge in [0.05, 0.1) is 0 Å². The molecule has 2 N–H and O–H groups in total. The molecule has 0 spiro atoms. The minimum atomic E-state index is -2.92. The molecule has 2 amide bonds. The third-order valence-electron chi connectivity index (χ3n) is 3.63. The van der Waals surface area contributed by atoms with Crippen LogP contribution < -0.4 is 15.4 Å². The highest BCUT2D eigenvalue weighted by Crippen LogP contribution is 2.20. The van der Waals surface area contributed by atoms with Crippen molar-refractivity contribution >= 4 is 11.8 Å². The Balaban J connectivity index is 1.91. The number of ether oxygens (including phenoxy) is 1. The van der Waals surface area contributed by atoms with Crippen LogP contribution in [0.3, 0.4) is 0 Å². The summed E-state index contributed by atoms with van der Waals surface area (Å²) in [5.74, 6) is -0.363. The first-order valence-corrected chi connectivity index (χ1v) is 8.10. The normalized spacial score (nSPS) is 10.5. The molecule has 0 saturated heterocycles. The Labute approximate surface area is 150 Å². The molecule has 0 radical (unpaired) electrons. The van der Waals surface area contributed by atoms with Gasteiger partial charge < -0.3 is 15.4 Å². The highest BCUT2D eigenvalue weighted by molar-refractivity contribution is 5.94. The van der Waals surface area contributed by atoms with Crippen molar-refractivity contribution in [3.8, 4) is 5.75 Å². The number of carbonyl (C=O) groups excluding carboxylic acids is 2. The van der Waals surface area contributed by atoms with Gasteiger partial charge in [0.15, 0.2) is 0 Å². The van der Waals surface area contributed by atoms with Crippen LogP contribution in [0.5, 0.6) is 5.75 Å². The van der Waals surface area contributed by atoms with Gasteiger partial charge in [0.2, 0.25) is 5.91 Å². The van der Waals surface area contributed by atoms with E-state index in [1.165, 1.54) is 13.0 Å². The molecular formula is C19H20F2N2O3. The standard InChI is InChI=1S/C19H20F2N2O3/c1-13(24)22-11-10-14-6-8-15(9-7-14)18(25)23-12-16-4-2-3-5-17(16)26-19(20)21/h2-9,19H,10-12H2,1H3,(H,22,24)(H,23,25). The zero-order valence-electron chi connectivity index (χ0n) is 14.3. The van der Waals surface area contributed by atoms with E-state index >= 15 is 0 Å². The van der Waals surface area contributed by atoms with Crippen molar-refractivity contribution < 1.29 is 23.1 Å². The van der Waals surface area contributed by atoms with Crippen molar-refractivity contribution in [3.05, 3.63) is 65.2 Å². The molecule has 0 aliphatic carbocycles. The van der Waals surface area contributed by atoms with E-state index < -0.39 is 6.61 Å². The minimum absolute atomic E-state index is 0.0381. The van der Waals surface area contributed by atoms with Crippen molar-refractivity contribution in [1.82, 2.24) is 10.6 Å². The van der Waals surface area contributed by atoms with Crippen LogP contribution in [0.25, 0.3) is 0 Å². The van der Waals surface area contributed by atoms with Crippen LogP contribution in [0, 0.1) is 0 Å². The molecule has 0 aliphatic rings. The summed E-state index contributed by atoms with van der Waals surface area (Å²) in [6.07, 6.45) is 0.666. The summed E-state index contributed by atoms with van der Waals surface area (Å²) in [6, 6.07) is 13.3. The van der Waals surface area contributed by atoms with Gasteiger partial charge in [-0.1, -0.05) is 30.3 Å². The monoisotopic (exact) mass is 362 g/mol. The number of rotatable bonds is 8. The Morgan fingerprint density at radius 3 is 2.38 bits per heavy atom. The predicted octanol–water partition coefficient (Wildman–Crippen LogP) is 2.90. The maximum absolute atomic E-state index is 12.4. The average Bonchev–Trinajstić information content (AvgIpc) is 2.60. The largest absolute Gasteiger partial charge is 0.434 e. The van der Waals surface area contributed by atoms with Crippen LogP contribution in [-0.4, -0.2) is 25.0 Å². The van der Waals surface area contributed by atoms with Gasteiger partial charge in [0.25, 0.3) is 5.91 Å². The Hall–Kier alpha value is -2.96. The fourth-order valence-corrected chi connectivity index (χ4v) is 2.34. The lowest BCUT2D eigenvalue weighted by Crippen LogP contribution is -2.23. The van der Waals surface area contributed by atoms with Crippen molar-refractivity contribution in [3.63, 3.8) is 0 Å². The molecule has 26 heavy (non-hydrogen) atoms. The number of amides is 2. The lowest BCUT2D eigenvalue weighted by Gasteiger charge is -2.11. The van der Waals surface area contributed by atoms with Crippen LogP contribution in [-0.2, 0) is 17.8 Å². The van der Waals surface area contributed by atoms with Gasteiger partial charge in [-0.25, -0.2) is 0 Å². The summed E-state index contributed by atoms with van der Waals surface area (Å²) in [5.41, 5.74) is 1.92. The molecule has 0 atom stereocenters. The zero-order valence-corrected chi connectivity index (χ0v) is 14.3. The van der Waals surface area contributed by atoms with E-state index in [2.05, 4.69) is 15.4 Å². The SMILES string of the molecule is CC(=O)NCCc1ccc(C(=O)NCc2ccccc2OC(F)F)cc1. The van der Waals surface area contributed by atoms with E-state index in [0.29, 0.717) is 24.1 Å². The summed E-state index contributed by atoms with van der Waals surface area (Å²) in [6.45, 7) is -0.858. The maximum Gasteiger partial charge on any atom is 0.387 e. The maximum atomic E-state index is 12.4. The summed E-state index contributed by atoms with van der Waals surface area (Å²) in [4.78, 5) is 23.0. The second kappa shape index (κ2) is 9.50. The smallest absolute Gasteiger partial charge is 0.387 e. The topological polar surface area (TPSA) is 67.4 Å². The lowest BCUT2D eigenvalue weighted by atomic mass is 10.1. The summed E-state index contributed by atoms with van der Waals surface area (Å²) in [5, 5.41) is 5.39. The van der Waals surface area contributed by atoms with Crippen LogP contribution in [0.15, 0.2) is 48.5 Å². The van der Waals surface area contributed by atoms with Crippen molar-refractivity contribution in [2.45, 2.75) is 26.5 Å². The second-order valence-electron chi connectivity index (χ2n) is 5.60. The van der Waals surface area contributed by atoms with Gasteiger partial charge in [-0.15, -0.1) is 0 Å². The van der Waals surface area contributed by atoms with Crippen molar-refractivity contribution in [2.75, 3.05) is 6.54 Å². The van der Waals surface area contributed by atoms with Gasteiger partial charge in [-0.2, -0.15) is 8.78 Å². The molecule has 0 aromatic heterocycles. The molecule has 0 unspecified atom stereocenters. The first-order chi connectivity index (χ1) is 12.5. The average molecular weight is 362 g/mol. The quantitative estimate of drug-likeness (QED) is 0.759. The highest BCUT2D eigenvalue weighted by atomic mass is 19.3. The molecule has 2 aromatic rings. The number of alkyl halides is 2. The number of carbonyl (C=O) groups is 2. The number of benzene rings is 2. The molecule has 0 saturated carbocycles. The third kappa shape index (κ3) is 6.16. The lowest BCUT2D eigenvalue weighted by molar-refractivity contribution is -0.118. The van der Waals surface area contributed by atoms with Crippen LogP contribution >= 0.6 is 0 Å². The highest BCUT2D eigenvalue weighted by Gasteiger charge is 2.11. The summed E-state index contributed by atoms with van der Waals surface area (Å²) in [7, 11) is 0. The first-order valence-electron chi connectivity index (χ1n) is 8.10. The Morgan fingerprint density at radius 1 is 1.04 bits per heavy atom. The Kier molecular flexibility index (Phi) is 7.08. The van der Waals surface area contributed by atoms with E-state index in [0.717, 1.165) is 5.56 Å². The fourth-order valence-electron chi connectivity index (χ4n) is 2.34. The molecule has 0 fully saturated rings. The fraction of sp³-hybridized carbons (Fsp3) is 0.263. The number of halogens is 2. The van der Waals surface area contributed by atoms with E-state index in [-0.39, 0.29) is 24.1 Å². The molecule has 7 heteroatoms. The number of hydrogen-bond acceptors (Lipinski definition) is 3. The van der Waals surface area contributed by atoms with Gasteiger partial charge in [-0.05, 0) is 30.2 Å². The third-order valence-corrected chi connectivity index (χ3v) is 3.63. The zero-order chi connectivity index (χ0) is 18.9. The molecular weight excluding hydrogens is 342 g/mol. The van der Waals surface area contributed by atoms with E-state index in [1.807, 2.05) is 12.1 Å². The van der Waals surface area contributed by atoms with Gasteiger partial charge in [-0.3, -0.25) is 9.59 Å². The minimum Gasteiger partial charge on any atom is -0.434 e. The van der Waals surface area contributed by atoms with E-state index in [1.54, 1.807) is 30.3 Å². The van der Waals surface area contributed by atoms with Crippen molar-refractivity contribution in [2.24, 2.45) is 0 Å². The summed E-state index contributed by atoms with van der Waals surface area (Å²) < 4.78 is 29.2. The predicted molar refractivity (Wildman–Crippen MR) is 93.1 cm³/mol. The molecule has 2 aromatic carbocycles. The van der Waals surface area contributed by atoms with Crippen LogP contribution in [0.2, 0.25) is 0 Å². The van der Waals surface area contributed by atoms with Gasteiger partial charge in [0.1, 0.15) is 5.75 Å². The van der Waals surface area contributed by atoms with Gasteiger partial charge >= 0.3 is 6.61 Å². The number of para-hydroxylation sites is 1. The molecule has 0 aliphatic heterocycles. The Bertz CT molecular complexity index is 749. The van der Waals surface area contributed by atoms with Crippen molar-refractivity contribution in [1.29, 1.82) is 0 Å². The molecule has 138 valence electrons.